The molecule has 11 heteroatoms. The molecule has 1 aliphatic heterocycles. The molecule has 2 N–H and O–H groups in total. The van der Waals surface area contributed by atoms with Crippen LogP contribution in [0.15, 0.2) is 115 Å². The summed E-state index contributed by atoms with van der Waals surface area (Å²) in [6.07, 6.45) is 3.17. The van der Waals surface area contributed by atoms with Gasteiger partial charge in [-0.25, -0.2) is 4.68 Å². The van der Waals surface area contributed by atoms with Crippen LogP contribution >= 0.6 is 11.6 Å². The molecule has 5 aromatic rings. The fourth-order valence-corrected chi connectivity index (χ4v) is 6.78. The number of carbonyl (C=O) groups excluding carboxylic acids is 1. The SMILES string of the molecule is CC1(C)OB(CCCC[C@H](NC(c2ccccc2)(c2ccccc2)c2ccccc2)c2nnnn2CC(=O)NCc2ccc(Cl)cc2)OC1(C)C. The minimum Gasteiger partial charge on any atom is -0.403 e. The number of halogens is 1. The van der Waals surface area contributed by atoms with E-state index in [0.29, 0.717) is 23.8 Å². The zero-order valence-electron chi connectivity index (χ0n) is 29.8. The van der Waals surface area contributed by atoms with E-state index in [0.717, 1.165) is 41.4 Å². The Bertz CT molecular complexity index is 1740. The summed E-state index contributed by atoms with van der Waals surface area (Å²) in [4.78, 5) is 13.3. The van der Waals surface area contributed by atoms with Crippen molar-refractivity contribution in [3.05, 3.63) is 148 Å². The molecule has 0 bridgehead atoms. The molecule has 264 valence electrons. The van der Waals surface area contributed by atoms with Crippen molar-refractivity contribution in [1.82, 2.24) is 30.8 Å². The highest BCUT2D eigenvalue weighted by molar-refractivity contribution is 6.45. The smallest absolute Gasteiger partial charge is 0.403 e. The van der Waals surface area contributed by atoms with Crippen molar-refractivity contribution in [3.8, 4) is 0 Å². The van der Waals surface area contributed by atoms with Crippen LogP contribution < -0.4 is 10.6 Å². The predicted octanol–water partition coefficient (Wildman–Crippen LogP) is 7.53. The van der Waals surface area contributed by atoms with Crippen molar-refractivity contribution in [2.45, 2.75) is 89.1 Å². The van der Waals surface area contributed by atoms with Gasteiger partial charge in [-0.05, 0) is 85.2 Å². The van der Waals surface area contributed by atoms with E-state index in [4.69, 9.17) is 20.9 Å². The van der Waals surface area contributed by atoms with E-state index >= 15 is 0 Å². The number of carbonyl (C=O) groups is 1. The Balaban J connectivity index is 1.31. The summed E-state index contributed by atoms with van der Waals surface area (Å²) >= 11 is 6.05. The molecule has 0 spiro atoms. The third kappa shape index (κ3) is 8.42. The second-order valence-electron chi connectivity index (χ2n) is 14.1. The van der Waals surface area contributed by atoms with Gasteiger partial charge in [-0.2, -0.15) is 0 Å². The molecular weight excluding hydrogens is 659 g/mol. The monoisotopic (exact) mass is 704 g/mol. The maximum atomic E-state index is 13.3. The summed E-state index contributed by atoms with van der Waals surface area (Å²) < 4.78 is 14.2. The highest BCUT2D eigenvalue weighted by atomic mass is 35.5. The molecule has 6 rings (SSSR count). The van der Waals surface area contributed by atoms with Gasteiger partial charge in [0.05, 0.1) is 22.8 Å². The lowest BCUT2D eigenvalue weighted by atomic mass is 9.76. The lowest BCUT2D eigenvalue weighted by molar-refractivity contribution is -0.122. The van der Waals surface area contributed by atoms with Gasteiger partial charge in [-0.3, -0.25) is 10.1 Å². The molecule has 2 heterocycles. The number of unbranched alkanes of at least 4 members (excludes halogenated alkanes) is 1. The topological polar surface area (TPSA) is 103 Å². The van der Waals surface area contributed by atoms with Gasteiger partial charge in [0, 0.05) is 11.6 Å². The zero-order valence-corrected chi connectivity index (χ0v) is 30.5. The molecular formula is C40H46BClN6O3. The van der Waals surface area contributed by atoms with Gasteiger partial charge in [0.1, 0.15) is 6.54 Å². The van der Waals surface area contributed by atoms with Crippen LogP contribution in [0.3, 0.4) is 0 Å². The van der Waals surface area contributed by atoms with Crippen LogP contribution in [0.2, 0.25) is 11.3 Å². The van der Waals surface area contributed by atoms with Crippen LogP contribution in [-0.2, 0) is 32.7 Å². The third-order valence-corrected chi connectivity index (χ3v) is 10.3. The Morgan fingerprint density at radius 1 is 0.804 bits per heavy atom. The van der Waals surface area contributed by atoms with Crippen molar-refractivity contribution in [1.29, 1.82) is 0 Å². The van der Waals surface area contributed by atoms with Crippen molar-refractivity contribution < 1.29 is 14.1 Å². The molecule has 51 heavy (non-hydrogen) atoms. The number of aromatic nitrogens is 4. The van der Waals surface area contributed by atoms with Crippen LogP contribution in [-0.4, -0.2) is 44.4 Å². The number of tetrazole rings is 1. The van der Waals surface area contributed by atoms with Gasteiger partial charge in [-0.15, -0.1) is 5.10 Å². The Morgan fingerprint density at radius 2 is 1.33 bits per heavy atom. The zero-order chi connectivity index (χ0) is 35.9. The van der Waals surface area contributed by atoms with Crippen LogP contribution in [0, 0.1) is 0 Å². The standard InChI is InChI=1S/C40H46BClN6O3/c1-38(2)39(3,4)51-41(50-38)27-15-14-22-35(37-45-46-47-48(37)29-36(49)43-28-30-23-25-34(42)26-24-30)44-40(31-16-8-5-9-17-31,32-18-10-6-11-19-32)33-20-12-7-13-21-33/h5-13,16-21,23-26,35,44H,14-15,22,27-29H2,1-4H3,(H,43,49)/t35-/m0/s1. The van der Waals surface area contributed by atoms with Gasteiger partial charge >= 0.3 is 7.12 Å². The summed E-state index contributed by atoms with van der Waals surface area (Å²) in [6, 6.07) is 38.4. The number of nitrogens with zero attached hydrogens (tertiary/aromatic N) is 4. The Labute approximate surface area is 306 Å². The average molecular weight is 705 g/mol. The van der Waals surface area contributed by atoms with Gasteiger partial charge < -0.3 is 14.6 Å². The normalized spacial score (nSPS) is 15.8. The average Bonchev–Trinajstić information content (AvgIpc) is 3.68. The molecule has 0 saturated carbocycles. The number of rotatable bonds is 15. The molecule has 1 aliphatic rings. The Kier molecular flexibility index (Phi) is 11.4. The minimum absolute atomic E-state index is 0.0307. The van der Waals surface area contributed by atoms with Crippen molar-refractivity contribution in [2.75, 3.05) is 0 Å². The van der Waals surface area contributed by atoms with Gasteiger partial charge in [0.2, 0.25) is 5.91 Å². The first-order chi connectivity index (χ1) is 24.6. The maximum Gasteiger partial charge on any atom is 0.457 e. The maximum absolute atomic E-state index is 13.3. The van der Waals surface area contributed by atoms with E-state index in [1.165, 1.54) is 0 Å². The Hall–Kier alpha value is -4.35. The summed E-state index contributed by atoms with van der Waals surface area (Å²) in [5.41, 5.74) is 2.65. The van der Waals surface area contributed by atoms with E-state index in [9.17, 15) is 4.79 Å². The number of benzene rings is 4. The molecule has 1 amide bonds. The quantitative estimate of drug-likeness (QED) is 0.0660. The Morgan fingerprint density at radius 3 is 1.86 bits per heavy atom. The van der Waals surface area contributed by atoms with E-state index in [1.807, 2.05) is 42.5 Å². The number of hydrogen-bond acceptors (Lipinski definition) is 7. The van der Waals surface area contributed by atoms with Crippen molar-refractivity contribution in [3.63, 3.8) is 0 Å². The second kappa shape index (κ2) is 15.9. The van der Waals surface area contributed by atoms with Crippen LogP contribution in [0.1, 0.15) is 81.1 Å². The molecule has 0 radical (unpaired) electrons. The van der Waals surface area contributed by atoms with Gasteiger partial charge in [0.15, 0.2) is 5.82 Å². The molecule has 1 saturated heterocycles. The fourth-order valence-electron chi connectivity index (χ4n) is 6.65. The summed E-state index contributed by atoms with van der Waals surface area (Å²) in [5, 5.41) is 20.7. The number of hydrogen-bond donors (Lipinski definition) is 2. The van der Waals surface area contributed by atoms with Gasteiger partial charge in [-0.1, -0.05) is 128 Å². The van der Waals surface area contributed by atoms with Crippen LogP contribution in [0.4, 0.5) is 0 Å². The van der Waals surface area contributed by atoms with Crippen molar-refractivity contribution >= 4 is 24.6 Å². The highest BCUT2D eigenvalue weighted by Crippen LogP contribution is 2.41. The first kappa shape index (κ1) is 36.4. The first-order valence-corrected chi connectivity index (χ1v) is 18.0. The van der Waals surface area contributed by atoms with Gasteiger partial charge in [0.25, 0.3) is 0 Å². The number of amides is 1. The van der Waals surface area contributed by atoms with Crippen LogP contribution in [0.5, 0.6) is 0 Å². The molecule has 1 fully saturated rings. The largest absolute Gasteiger partial charge is 0.457 e. The lowest BCUT2D eigenvalue weighted by Crippen LogP contribution is -2.47. The van der Waals surface area contributed by atoms with E-state index < -0.39 is 5.54 Å². The van der Waals surface area contributed by atoms with Crippen molar-refractivity contribution in [2.24, 2.45) is 0 Å². The second-order valence-corrected chi connectivity index (χ2v) is 14.5. The van der Waals surface area contributed by atoms with Crippen LogP contribution in [0.25, 0.3) is 0 Å². The summed E-state index contributed by atoms with van der Waals surface area (Å²) in [6.45, 7) is 8.65. The summed E-state index contributed by atoms with van der Waals surface area (Å²) in [7, 11) is -0.270. The fraction of sp³-hybridized carbons (Fsp3) is 0.350. The lowest BCUT2D eigenvalue weighted by Gasteiger charge is -2.40. The predicted molar refractivity (Wildman–Crippen MR) is 201 cm³/mol. The molecule has 4 aromatic carbocycles. The van der Waals surface area contributed by atoms with E-state index in [2.05, 4.69) is 127 Å². The number of nitrogens with one attached hydrogen (secondary N) is 2. The molecule has 0 aliphatic carbocycles. The molecule has 1 aromatic heterocycles. The third-order valence-electron chi connectivity index (χ3n) is 10.1. The highest BCUT2D eigenvalue weighted by Gasteiger charge is 2.50. The van der Waals surface area contributed by atoms with E-state index in [1.54, 1.807) is 4.68 Å². The molecule has 0 unspecified atom stereocenters. The molecule has 9 nitrogen and oxygen atoms in total. The van der Waals surface area contributed by atoms with E-state index in [-0.39, 0.29) is 36.8 Å². The minimum atomic E-state index is -0.770. The molecule has 1 atom stereocenters. The summed E-state index contributed by atoms with van der Waals surface area (Å²) in [5.74, 6) is 0.387. The first-order valence-electron chi connectivity index (χ1n) is 17.6.